The zero-order chi connectivity index (χ0) is 14.9. The van der Waals surface area contributed by atoms with Crippen molar-refractivity contribution in [3.8, 4) is 0 Å². The van der Waals surface area contributed by atoms with Crippen molar-refractivity contribution in [3.63, 3.8) is 0 Å². The third-order valence-electron chi connectivity index (χ3n) is 1.51. The van der Waals surface area contributed by atoms with Crippen LogP contribution in [0.4, 0.5) is 0 Å². The van der Waals surface area contributed by atoms with Gasteiger partial charge in [-0.1, -0.05) is 68.3 Å². The van der Waals surface area contributed by atoms with Crippen LogP contribution < -0.4 is 0 Å². The molecule has 19 heavy (non-hydrogen) atoms. The van der Waals surface area contributed by atoms with Gasteiger partial charge in [-0.3, -0.25) is 0 Å². The van der Waals surface area contributed by atoms with Crippen LogP contribution in [-0.2, 0) is 9.53 Å². The predicted molar refractivity (Wildman–Crippen MR) is 79.7 cm³/mol. The molecule has 1 N–H and O–H groups in total. The number of aliphatic hydroxyl groups is 1. The second-order valence-electron chi connectivity index (χ2n) is 3.27. The smallest absolute Gasteiger partial charge is 0.333 e. The van der Waals surface area contributed by atoms with Gasteiger partial charge in [-0.05, 0) is 6.92 Å². The Kier molecular flexibility index (Phi) is 16.0. The first-order valence-corrected chi connectivity index (χ1v) is 5.77. The number of allylic oxidation sites excluding steroid dienone is 2. The molecule has 0 heterocycles. The van der Waals surface area contributed by atoms with Crippen LogP contribution in [0.15, 0.2) is 73.9 Å². The lowest BCUT2D eigenvalue weighted by Crippen LogP contribution is -2.08. The quantitative estimate of drug-likeness (QED) is 0.515. The Morgan fingerprint density at radius 3 is 1.68 bits per heavy atom. The molecule has 0 fully saturated rings. The number of carbonyl (C=O) groups excluding carboxylic acids is 1. The van der Waals surface area contributed by atoms with E-state index in [-0.39, 0.29) is 13.2 Å². The van der Waals surface area contributed by atoms with Crippen molar-refractivity contribution in [1.29, 1.82) is 0 Å². The lowest BCUT2D eigenvalue weighted by molar-refractivity contribution is -0.139. The molecule has 0 saturated carbocycles. The third kappa shape index (κ3) is 18.4. The molecule has 0 aliphatic carbocycles. The minimum absolute atomic E-state index is 0.0473. The Balaban J connectivity index is 0. The molecule has 0 saturated heterocycles. The molecular formula is C16H22O3. The summed E-state index contributed by atoms with van der Waals surface area (Å²) < 4.78 is 4.46. The maximum Gasteiger partial charge on any atom is 0.333 e. The second-order valence-corrected chi connectivity index (χ2v) is 3.27. The van der Waals surface area contributed by atoms with Gasteiger partial charge in [-0.15, -0.1) is 0 Å². The molecule has 0 aliphatic heterocycles. The van der Waals surface area contributed by atoms with E-state index in [2.05, 4.69) is 24.5 Å². The fourth-order valence-electron chi connectivity index (χ4n) is 0.646. The molecule has 1 rings (SSSR count). The van der Waals surface area contributed by atoms with E-state index in [4.69, 9.17) is 5.11 Å². The lowest BCUT2D eigenvalue weighted by atomic mass is 10.4. The summed E-state index contributed by atoms with van der Waals surface area (Å²) in [4.78, 5) is 10.5. The van der Waals surface area contributed by atoms with Gasteiger partial charge in [0, 0.05) is 5.57 Å². The van der Waals surface area contributed by atoms with Crippen LogP contribution in [0.5, 0.6) is 0 Å². The molecule has 104 valence electrons. The van der Waals surface area contributed by atoms with Gasteiger partial charge in [0.05, 0.1) is 6.61 Å². The van der Waals surface area contributed by atoms with Crippen LogP contribution in [0.3, 0.4) is 0 Å². The summed E-state index contributed by atoms with van der Waals surface area (Å²) in [5.74, 6) is -0.455. The van der Waals surface area contributed by atoms with E-state index in [1.165, 1.54) is 0 Å². The summed E-state index contributed by atoms with van der Waals surface area (Å²) in [6.07, 6.45) is 3.28. The van der Waals surface area contributed by atoms with E-state index in [9.17, 15) is 4.79 Å². The standard InChI is InChI=1S/C6H10O3.C6H6.C4H6/c1-5(2)6(8)9-4-3-7;1-2-4-6-5-3-1;1-3-4-2/h7H,1,3-4H2,2H3;1-6H;3-4H,1-2H2. The highest BCUT2D eigenvalue weighted by Crippen LogP contribution is 1.89. The van der Waals surface area contributed by atoms with Crippen LogP contribution >= 0.6 is 0 Å². The van der Waals surface area contributed by atoms with Crippen LogP contribution in [0.25, 0.3) is 0 Å². The average molecular weight is 262 g/mol. The lowest BCUT2D eigenvalue weighted by Gasteiger charge is -1.99. The Morgan fingerprint density at radius 1 is 1.11 bits per heavy atom. The fraction of sp³-hybridized carbons (Fsp3) is 0.188. The van der Waals surface area contributed by atoms with Crippen molar-refractivity contribution in [3.05, 3.63) is 73.9 Å². The average Bonchev–Trinajstić information content (AvgIpc) is 2.47. The highest BCUT2D eigenvalue weighted by Gasteiger charge is 1.99. The van der Waals surface area contributed by atoms with Gasteiger partial charge < -0.3 is 9.84 Å². The minimum Gasteiger partial charge on any atom is -0.460 e. The zero-order valence-corrected chi connectivity index (χ0v) is 11.4. The van der Waals surface area contributed by atoms with Crippen molar-refractivity contribution in [2.24, 2.45) is 0 Å². The first kappa shape index (κ1) is 19.2. The molecule has 0 spiro atoms. The summed E-state index contributed by atoms with van der Waals surface area (Å²) in [5, 5.41) is 8.19. The first-order valence-electron chi connectivity index (χ1n) is 5.77. The number of hydrogen-bond acceptors (Lipinski definition) is 3. The van der Waals surface area contributed by atoms with Gasteiger partial charge in [0.25, 0.3) is 0 Å². The van der Waals surface area contributed by atoms with Gasteiger partial charge in [0.1, 0.15) is 6.61 Å². The molecule has 0 atom stereocenters. The van der Waals surface area contributed by atoms with Crippen molar-refractivity contribution in [2.45, 2.75) is 6.92 Å². The normalized spacial score (nSPS) is 7.68. The molecule has 1 aromatic rings. The van der Waals surface area contributed by atoms with Crippen LogP contribution in [-0.4, -0.2) is 24.3 Å². The van der Waals surface area contributed by atoms with E-state index in [0.29, 0.717) is 5.57 Å². The van der Waals surface area contributed by atoms with Gasteiger partial charge in [-0.2, -0.15) is 0 Å². The summed E-state index contributed by atoms with van der Waals surface area (Å²) >= 11 is 0. The molecule has 0 unspecified atom stereocenters. The van der Waals surface area contributed by atoms with Gasteiger partial charge >= 0.3 is 5.97 Å². The Labute approximate surface area is 115 Å². The monoisotopic (exact) mass is 262 g/mol. The van der Waals surface area contributed by atoms with Gasteiger partial charge in [-0.25, -0.2) is 4.79 Å². The molecule has 0 bridgehead atoms. The van der Waals surface area contributed by atoms with E-state index in [1.807, 2.05) is 36.4 Å². The summed E-state index contributed by atoms with van der Waals surface area (Å²) in [6, 6.07) is 12.0. The van der Waals surface area contributed by atoms with Crippen LogP contribution in [0.2, 0.25) is 0 Å². The van der Waals surface area contributed by atoms with Crippen LogP contribution in [0, 0.1) is 0 Å². The number of hydrogen-bond donors (Lipinski definition) is 1. The first-order chi connectivity index (χ1) is 9.09. The molecule has 0 radical (unpaired) electrons. The SMILES string of the molecule is C=C(C)C(=O)OCCO.C=CC=C.c1ccccc1. The van der Waals surface area contributed by atoms with Crippen LogP contribution in [0.1, 0.15) is 6.92 Å². The van der Waals surface area contributed by atoms with Crippen molar-refractivity contribution >= 4 is 5.97 Å². The maximum absolute atomic E-state index is 10.5. The largest absolute Gasteiger partial charge is 0.460 e. The van der Waals surface area contributed by atoms with Gasteiger partial charge in [0.15, 0.2) is 0 Å². The molecule has 0 aliphatic rings. The Bertz CT molecular complexity index is 323. The second kappa shape index (κ2) is 15.9. The van der Waals surface area contributed by atoms with E-state index in [0.717, 1.165) is 0 Å². The topological polar surface area (TPSA) is 46.5 Å². The molecule has 3 nitrogen and oxygen atoms in total. The summed E-state index contributed by atoms with van der Waals surface area (Å²) in [5.41, 5.74) is 0.350. The number of esters is 1. The van der Waals surface area contributed by atoms with Gasteiger partial charge in [0.2, 0.25) is 0 Å². The maximum atomic E-state index is 10.5. The highest BCUT2D eigenvalue weighted by atomic mass is 16.5. The molecule has 0 aromatic heterocycles. The van der Waals surface area contributed by atoms with Crippen molar-refractivity contribution < 1.29 is 14.6 Å². The number of aliphatic hydroxyl groups excluding tert-OH is 1. The molecular weight excluding hydrogens is 240 g/mol. The predicted octanol–water partition coefficient (Wildman–Crippen LogP) is 3.14. The minimum atomic E-state index is -0.455. The summed E-state index contributed by atoms with van der Waals surface area (Å²) in [7, 11) is 0. The number of benzene rings is 1. The molecule has 3 heteroatoms. The van der Waals surface area contributed by atoms with E-state index in [1.54, 1.807) is 19.1 Å². The van der Waals surface area contributed by atoms with E-state index < -0.39 is 5.97 Å². The highest BCUT2D eigenvalue weighted by molar-refractivity contribution is 5.86. The molecule has 1 aromatic carbocycles. The van der Waals surface area contributed by atoms with Crippen molar-refractivity contribution in [1.82, 2.24) is 0 Å². The third-order valence-corrected chi connectivity index (χ3v) is 1.51. The Morgan fingerprint density at radius 2 is 1.47 bits per heavy atom. The fourth-order valence-corrected chi connectivity index (χ4v) is 0.646. The molecule has 0 amide bonds. The number of rotatable bonds is 4. The van der Waals surface area contributed by atoms with Crippen molar-refractivity contribution in [2.75, 3.05) is 13.2 Å². The number of ether oxygens (including phenoxy) is 1. The number of carbonyl (C=O) groups is 1. The zero-order valence-electron chi connectivity index (χ0n) is 11.4. The summed E-state index contributed by atoms with van der Waals surface area (Å²) in [6.45, 7) is 11.5. The van der Waals surface area contributed by atoms with E-state index >= 15 is 0 Å². The Hall–Kier alpha value is -2.13.